The first kappa shape index (κ1) is 30.0. The summed E-state index contributed by atoms with van der Waals surface area (Å²) in [5.74, 6) is 0.218. The average molecular weight is 620 g/mol. The lowest BCUT2D eigenvalue weighted by Crippen LogP contribution is -2.42. The molecule has 0 radical (unpaired) electrons. The highest BCUT2D eigenvalue weighted by Gasteiger charge is 2.45. The molecule has 1 aliphatic heterocycles. The van der Waals surface area contributed by atoms with Gasteiger partial charge in [-0.2, -0.15) is 5.26 Å². The number of nitriles is 1. The zero-order valence-electron chi connectivity index (χ0n) is 23.7. The van der Waals surface area contributed by atoms with E-state index in [2.05, 4.69) is 6.07 Å². The topological polar surface area (TPSA) is 132 Å². The normalized spacial score (nSPS) is 17.8. The van der Waals surface area contributed by atoms with Crippen LogP contribution in [0.4, 0.5) is 11.4 Å². The summed E-state index contributed by atoms with van der Waals surface area (Å²) < 4.78 is 11.6. The second kappa shape index (κ2) is 11.6. The van der Waals surface area contributed by atoms with Gasteiger partial charge < -0.3 is 15.2 Å². The molecule has 1 aliphatic carbocycles. The lowest BCUT2D eigenvalue weighted by Gasteiger charge is -2.43. The third-order valence-corrected chi connectivity index (χ3v) is 8.09. The Morgan fingerprint density at radius 1 is 1.09 bits per heavy atom. The van der Waals surface area contributed by atoms with Gasteiger partial charge in [0, 0.05) is 39.4 Å². The SMILES string of the molecule is COc1ccc([C@H]2C(C#N)=C(N)N(c3ccc(Cl)cc3[N+](=O)[O-])C3=C2C(=O)CC(C)(C)C3)cc1COc1ccc(Cl)cc1. The minimum Gasteiger partial charge on any atom is -0.496 e. The standard InChI is InChI=1S/C32H28Cl2N4O5/c1-32(2)14-26-30(27(39)15-32)29(23(16-35)31(36)37(26)24-10-7-21(34)13-25(24)38(40)41)18-4-11-28(42-3)19(12-18)17-43-22-8-5-20(33)6-9-22/h4-13,29H,14-15,17,36H2,1-3H3/t29-/m0/s1. The minimum atomic E-state index is -0.800. The van der Waals surface area contributed by atoms with Crippen LogP contribution in [-0.4, -0.2) is 17.8 Å². The van der Waals surface area contributed by atoms with Gasteiger partial charge in [0.1, 0.15) is 29.6 Å². The van der Waals surface area contributed by atoms with Gasteiger partial charge in [0.05, 0.1) is 29.6 Å². The van der Waals surface area contributed by atoms with Crippen LogP contribution in [0.25, 0.3) is 0 Å². The number of nitrogens with zero attached hydrogens (tertiary/aromatic N) is 3. The lowest BCUT2D eigenvalue weighted by atomic mass is 9.68. The van der Waals surface area contributed by atoms with Crippen molar-refractivity contribution >= 4 is 40.4 Å². The van der Waals surface area contributed by atoms with E-state index in [0.29, 0.717) is 45.3 Å². The molecular weight excluding hydrogens is 591 g/mol. The van der Waals surface area contributed by atoms with Crippen LogP contribution in [0.2, 0.25) is 10.0 Å². The summed E-state index contributed by atoms with van der Waals surface area (Å²) >= 11 is 12.1. The summed E-state index contributed by atoms with van der Waals surface area (Å²) in [4.78, 5) is 26.9. The zero-order valence-corrected chi connectivity index (χ0v) is 25.2. The number of carbonyl (C=O) groups is 1. The Balaban J connectivity index is 1.67. The van der Waals surface area contributed by atoms with Gasteiger partial charge in [-0.25, -0.2) is 0 Å². The number of benzene rings is 3. The number of rotatable bonds is 7. The molecule has 220 valence electrons. The highest BCUT2D eigenvalue weighted by Crippen LogP contribution is 2.51. The van der Waals surface area contributed by atoms with Crippen LogP contribution in [0.5, 0.6) is 11.5 Å². The van der Waals surface area contributed by atoms with E-state index in [1.807, 2.05) is 19.9 Å². The molecule has 9 nitrogen and oxygen atoms in total. The summed E-state index contributed by atoms with van der Waals surface area (Å²) in [5.41, 5.74) is 8.41. The molecule has 2 N–H and O–H groups in total. The zero-order chi connectivity index (χ0) is 31.1. The number of hydrogen-bond acceptors (Lipinski definition) is 8. The second-order valence-electron chi connectivity index (χ2n) is 11.2. The quantitative estimate of drug-likeness (QED) is 0.213. The van der Waals surface area contributed by atoms with Crippen molar-refractivity contribution in [3.63, 3.8) is 0 Å². The Hall–Kier alpha value is -4.52. The molecule has 0 unspecified atom stereocenters. The van der Waals surface area contributed by atoms with Gasteiger partial charge in [-0.3, -0.25) is 19.8 Å². The number of carbonyl (C=O) groups excluding carboxylic acids is 1. The Morgan fingerprint density at radius 2 is 1.79 bits per heavy atom. The molecule has 3 aromatic carbocycles. The number of ketones is 1. The van der Waals surface area contributed by atoms with Crippen LogP contribution in [0, 0.1) is 26.9 Å². The molecule has 0 saturated carbocycles. The summed E-state index contributed by atoms with van der Waals surface area (Å²) in [7, 11) is 1.55. The number of anilines is 1. The van der Waals surface area contributed by atoms with Crippen molar-refractivity contribution in [3.05, 3.63) is 115 Å². The van der Waals surface area contributed by atoms with Crippen LogP contribution in [0.15, 0.2) is 83.3 Å². The van der Waals surface area contributed by atoms with Crippen molar-refractivity contribution in [1.29, 1.82) is 5.26 Å². The van der Waals surface area contributed by atoms with Gasteiger partial charge in [0.2, 0.25) is 0 Å². The molecule has 11 heteroatoms. The Morgan fingerprint density at radius 3 is 2.44 bits per heavy atom. The number of halogens is 2. The molecule has 0 amide bonds. The number of nitro benzene ring substituents is 1. The number of allylic oxidation sites excluding steroid dienone is 3. The number of ether oxygens (including phenoxy) is 2. The van der Waals surface area contributed by atoms with E-state index in [0.717, 1.165) is 0 Å². The van der Waals surface area contributed by atoms with Crippen LogP contribution < -0.4 is 20.1 Å². The van der Waals surface area contributed by atoms with E-state index in [-0.39, 0.29) is 46.6 Å². The van der Waals surface area contributed by atoms with Crippen molar-refractivity contribution < 1.29 is 19.2 Å². The third kappa shape index (κ3) is 5.76. The van der Waals surface area contributed by atoms with Gasteiger partial charge in [0.15, 0.2) is 5.78 Å². The maximum Gasteiger partial charge on any atom is 0.294 e. The van der Waals surface area contributed by atoms with Crippen LogP contribution >= 0.6 is 23.2 Å². The predicted molar refractivity (Wildman–Crippen MR) is 164 cm³/mol. The Kier molecular flexibility index (Phi) is 8.10. The van der Waals surface area contributed by atoms with Crippen LogP contribution in [0.3, 0.4) is 0 Å². The van der Waals surface area contributed by atoms with Gasteiger partial charge in [-0.15, -0.1) is 0 Å². The molecule has 2 aliphatic rings. The first-order valence-corrected chi connectivity index (χ1v) is 14.1. The van der Waals surface area contributed by atoms with E-state index >= 15 is 0 Å². The summed E-state index contributed by atoms with van der Waals surface area (Å²) in [6, 6.07) is 18.8. The maximum atomic E-state index is 13.9. The average Bonchev–Trinajstić information content (AvgIpc) is 2.96. The molecule has 5 rings (SSSR count). The molecular formula is C32H28Cl2N4O5. The van der Waals surface area contributed by atoms with Crippen molar-refractivity contribution in [1.82, 2.24) is 0 Å². The van der Waals surface area contributed by atoms with E-state index in [1.165, 1.54) is 23.1 Å². The monoisotopic (exact) mass is 618 g/mol. The smallest absolute Gasteiger partial charge is 0.294 e. The molecule has 3 aromatic rings. The number of hydrogen-bond donors (Lipinski definition) is 1. The summed E-state index contributed by atoms with van der Waals surface area (Å²) in [6.45, 7) is 4.05. The van der Waals surface area contributed by atoms with Crippen molar-refractivity contribution in [2.75, 3.05) is 12.0 Å². The van der Waals surface area contributed by atoms with Gasteiger partial charge in [0.25, 0.3) is 5.69 Å². The Labute approximate surface area is 258 Å². The molecule has 0 bridgehead atoms. The third-order valence-electron chi connectivity index (χ3n) is 7.60. The molecule has 43 heavy (non-hydrogen) atoms. The molecule has 0 spiro atoms. The van der Waals surface area contributed by atoms with Crippen molar-refractivity contribution in [2.45, 2.75) is 39.2 Å². The largest absolute Gasteiger partial charge is 0.496 e. The number of Topliss-reactive ketones (excluding diaryl/α,β-unsaturated/α-hetero) is 1. The molecule has 0 saturated heterocycles. The molecule has 1 heterocycles. The fourth-order valence-electron chi connectivity index (χ4n) is 5.73. The molecule has 1 atom stereocenters. The van der Waals surface area contributed by atoms with E-state index in [1.54, 1.807) is 43.5 Å². The fourth-order valence-corrected chi connectivity index (χ4v) is 6.02. The highest BCUT2D eigenvalue weighted by molar-refractivity contribution is 6.31. The first-order chi connectivity index (χ1) is 20.4. The van der Waals surface area contributed by atoms with Crippen LogP contribution in [-0.2, 0) is 11.4 Å². The Bertz CT molecular complexity index is 1740. The fraction of sp³-hybridized carbons (Fsp3) is 0.250. The summed E-state index contributed by atoms with van der Waals surface area (Å²) in [6.07, 6.45) is 0.632. The maximum absolute atomic E-state index is 13.9. The number of nitro groups is 1. The lowest BCUT2D eigenvalue weighted by molar-refractivity contribution is -0.384. The molecule has 0 aromatic heterocycles. The van der Waals surface area contributed by atoms with Gasteiger partial charge in [-0.05, 0) is 65.9 Å². The minimum absolute atomic E-state index is 0.0111. The van der Waals surface area contributed by atoms with Gasteiger partial charge in [-0.1, -0.05) is 43.1 Å². The van der Waals surface area contributed by atoms with Gasteiger partial charge >= 0.3 is 0 Å². The predicted octanol–water partition coefficient (Wildman–Crippen LogP) is 7.43. The van der Waals surface area contributed by atoms with Crippen molar-refractivity contribution in [2.24, 2.45) is 11.1 Å². The summed E-state index contributed by atoms with van der Waals surface area (Å²) in [5, 5.41) is 23.3. The number of methoxy groups -OCH3 is 1. The van der Waals surface area contributed by atoms with Crippen LogP contribution in [0.1, 0.15) is 43.7 Å². The second-order valence-corrected chi connectivity index (χ2v) is 12.1. The first-order valence-electron chi connectivity index (χ1n) is 13.4. The van der Waals surface area contributed by atoms with E-state index in [9.17, 15) is 20.2 Å². The highest BCUT2D eigenvalue weighted by atomic mass is 35.5. The van der Waals surface area contributed by atoms with E-state index < -0.39 is 16.3 Å². The van der Waals surface area contributed by atoms with Crippen molar-refractivity contribution in [3.8, 4) is 17.6 Å². The molecule has 0 fully saturated rings. The van der Waals surface area contributed by atoms with E-state index in [4.69, 9.17) is 38.4 Å². The number of nitrogens with two attached hydrogens (primary N) is 1.